The van der Waals surface area contributed by atoms with E-state index < -0.39 is 23.8 Å². The molecule has 1 aliphatic rings. The molecule has 8 nitrogen and oxygen atoms in total. The van der Waals surface area contributed by atoms with Gasteiger partial charge < -0.3 is 10.2 Å². The molecule has 0 bridgehead atoms. The number of aliphatic carboxylic acids is 2. The van der Waals surface area contributed by atoms with Crippen LogP contribution in [0, 0.1) is 0 Å². The van der Waals surface area contributed by atoms with Crippen LogP contribution in [0.25, 0.3) is 0 Å². The van der Waals surface area contributed by atoms with Crippen molar-refractivity contribution in [3.05, 3.63) is 0 Å². The van der Waals surface area contributed by atoms with E-state index in [0.717, 1.165) is 19.3 Å². The minimum Gasteiger partial charge on any atom is -0.481 e. The Hall–Kier alpha value is -1.96. The second-order valence-corrected chi connectivity index (χ2v) is 4.65. The number of hydrogen-bond acceptors (Lipinski definition) is 5. The molecule has 1 rings (SSSR count). The van der Waals surface area contributed by atoms with Crippen LogP contribution in [0.15, 0.2) is 0 Å². The second kappa shape index (κ2) is 10.8. The third-order valence-electron chi connectivity index (χ3n) is 2.81. The minimum atomic E-state index is -0.759. The van der Waals surface area contributed by atoms with Crippen molar-refractivity contribution in [3.63, 3.8) is 0 Å². The van der Waals surface area contributed by atoms with E-state index in [0.29, 0.717) is 12.8 Å². The summed E-state index contributed by atoms with van der Waals surface area (Å²) >= 11 is 0. The van der Waals surface area contributed by atoms with Crippen LogP contribution in [0.1, 0.15) is 57.8 Å². The van der Waals surface area contributed by atoms with Gasteiger partial charge in [-0.1, -0.05) is 19.3 Å². The molecular formula is C13H21NO7. The summed E-state index contributed by atoms with van der Waals surface area (Å²) in [6.45, 7) is 0. The van der Waals surface area contributed by atoms with Gasteiger partial charge in [0.1, 0.15) is 0 Å². The molecule has 21 heavy (non-hydrogen) atoms. The fraction of sp³-hybridized carbons (Fsp3) is 0.692. The Balaban J connectivity index is 0.000000423. The smallest absolute Gasteiger partial charge is 0.303 e. The molecule has 0 atom stereocenters. The molecule has 8 heteroatoms. The number of carbonyl (C=O) groups excluding carboxylic acids is 2. The molecule has 0 unspecified atom stereocenters. The predicted octanol–water partition coefficient (Wildman–Crippen LogP) is 1.41. The lowest BCUT2D eigenvalue weighted by Gasteiger charge is -1.98. The zero-order chi connectivity index (χ0) is 16.3. The molecule has 3 N–H and O–H groups in total. The van der Waals surface area contributed by atoms with Crippen molar-refractivity contribution in [3.8, 4) is 0 Å². The summed E-state index contributed by atoms with van der Waals surface area (Å²) in [4.78, 5) is 40.7. The molecule has 0 saturated carbocycles. The highest BCUT2D eigenvalue weighted by Crippen LogP contribution is 2.07. The molecule has 0 aromatic heterocycles. The number of imide groups is 1. The van der Waals surface area contributed by atoms with Crippen molar-refractivity contribution in [1.82, 2.24) is 5.06 Å². The fourth-order valence-corrected chi connectivity index (χ4v) is 1.65. The van der Waals surface area contributed by atoms with Gasteiger partial charge in [0.05, 0.1) is 0 Å². The van der Waals surface area contributed by atoms with Gasteiger partial charge in [0, 0.05) is 25.7 Å². The van der Waals surface area contributed by atoms with E-state index in [4.69, 9.17) is 15.4 Å². The molecule has 1 fully saturated rings. The maximum Gasteiger partial charge on any atom is 0.303 e. The quantitative estimate of drug-likeness (QED) is 0.351. The Morgan fingerprint density at radius 2 is 1.14 bits per heavy atom. The first-order valence-corrected chi connectivity index (χ1v) is 6.83. The molecule has 0 aromatic carbocycles. The third kappa shape index (κ3) is 10.5. The van der Waals surface area contributed by atoms with Gasteiger partial charge in [-0.05, 0) is 12.8 Å². The monoisotopic (exact) mass is 303 g/mol. The van der Waals surface area contributed by atoms with E-state index in [-0.39, 0.29) is 30.7 Å². The number of carbonyl (C=O) groups is 4. The van der Waals surface area contributed by atoms with E-state index in [2.05, 4.69) is 0 Å². The number of carboxylic acid groups (broad SMARTS) is 2. The van der Waals surface area contributed by atoms with Crippen molar-refractivity contribution < 1.29 is 34.6 Å². The molecule has 120 valence electrons. The Kier molecular flexibility index (Phi) is 9.78. The van der Waals surface area contributed by atoms with Crippen molar-refractivity contribution in [2.24, 2.45) is 0 Å². The minimum absolute atomic E-state index is 0.148. The largest absolute Gasteiger partial charge is 0.481 e. The Labute approximate surface area is 122 Å². The summed E-state index contributed by atoms with van der Waals surface area (Å²) in [5.41, 5.74) is 0. The van der Waals surface area contributed by atoms with Gasteiger partial charge in [-0.25, -0.2) is 0 Å². The van der Waals surface area contributed by atoms with Gasteiger partial charge in [-0.3, -0.25) is 24.4 Å². The number of rotatable bonds is 8. The number of hydrogen-bond donors (Lipinski definition) is 3. The SMILES string of the molecule is O=C(O)CCCCCCCC(=O)O.O=C1CCC(=O)N1O. The zero-order valence-corrected chi connectivity index (χ0v) is 11.8. The van der Waals surface area contributed by atoms with Crippen LogP contribution in [0.2, 0.25) is 0 Å². The Bertz CT molecular complexity index is 347. The summed E-state index contributed by atoms with van der Waals surface area (Å²) in [6.07, 6.45) is 4.83. The normalized spacial score (nSPS) is 13.9. The van der Waals surface area contributed by atoms with E-state index >= 15 is 0 Å². The first-order valence-electron chi connectivity index (χ1n) is 6.83. The average molecular weight is 303 g/mol. The van der Waals surface area contributed by atoms with Crippen LogP contribution in [0.3, 0.4) is 0 Å². The van der Waals surface area contributed by atoms with E-state index in [9.17, 15) is 19.2 Å². The first kappa shape index (κ1) is 19.0. The molecule has 0 radical (unpaired) electrons. The first-order chi connectivity index (χ1) is 9.84. The molecule has 0 aliphatic carbocycles. The Morgan fingerprint density at radius 3 is 1.38 bits per heavy atom. The highest BCUT2D eigenvalue weighted by Gasteiger charge is 2.26. The van der Waals surface area contributed by atoms with E-state index in [1.807, 2.05) is 0 Å². The maximum atomic E-state index is 10.2. The van der Waals surface area contributed by atoms with Gasteiger partial charge in [-0.2, -0.15) is 5.06 Å². The predicted molar refractivity (Wildman–Crippen MR) is 70.5 cm³/mol. The maximum absolute atomic E-state index is 10.2. The van der Waals surface area contributed by atoms with Gasteiger partial charge in [-0.15, -0.1) is 0 Å². The summed E-state index contributed by atoms with van der Waals surface area (Å²) < 4.78 is 0. The van der Waals surface area contributed by atoms with E-state index in [1.165, 1.54) is 0 Å². The number of carboxylic acids is 2. The van der Waals surface area contributed by atoms with Crippen LogP contribution in [0.5, 0.6) is 0 Å². The summed E-state index contributed by atoms with van der Waals surface area (Å²) in [5, 5.41) is 25.2. The van der Waals surface area contributed by atoms with Crippen LogP contribution in [-0.2, 0) is 19.2 Å². The number of amides is 2. The van der Waals surface area contributed by atoms with Crippen molar-refractivity contribution >= 4 is 23.8 Å². The average Bonchev–Trinajstić information content (AvgIpc) is 2.69. The van der Waals surface area contributed by atoms with Gasteiger partial charge in [0.15, 0.2) is 0 Å². The van der Waals surface area contributed by atoms with Gasteiger partial charge in [0.2, 0.25) is 0 Å². The summed E-state index contributed by atoms with van der Waals surface area (Å²) in [5.74, 6) is -2.53. The lowest BCUT2D eigenvalue weighted by Crippen LogP contribution is -2.24. The fourth-order valence-electron chi connectivity index (χ4n) is 1.65. The van der Waals surface area contributed by atoms with Gasteiger partial charge >= 0.3 is 11.9 Å². The van der Waals surface area contributed by atoms with Crippen molar-refractivity contribution in [1.29, 1.82) is 0 Å². The van der Waals surface area contributed by atoms with Crippen LogP contribution in [0.4, 0.5) is 0 Å². The molecule has 2 amide bonds. The van der Waals surface area contributed by atoms with Crippen molar-refractivity contribution in [2.75, 3.05) is 0 Å². The molecular weight excluding hydrogens is 282 g/mol. The lowest BCUT2D eigenvalue weighted by atomic mass is 10.1. The highest BCUT2D eigenvalue weighted by molar-refractivity contribution is 6.00. The summed E-state index contributed by atoms with van der Waals surface area (Å²) in [7, 11) is 0. The third-order valence-corrected chi connectivity index (χ3v) is 2.81. The Morgan fingerprint density at radius 1 is 0.810 bits per heavy atom. The summed E-state index contributed by atoms with van der Waals surface area (Å²) in [6, 6.07) is 0. The number of nitrogens with zero attached hydrogens (tertiary/aromatic N) is 1. The van der Waals surface area contributed by atoms with Crippen molar-refractivity contribution in [2.45, 2.75) is 57.8 Å². The molecule has 1 aliphatic heterocycles. The molecule has 0 spiro atoms. The van der Waals surface area contributed by atoms with Gasteiger partial charge in [0.25, 0.3) is 11.8 Å². The second-order valence-electron chi connectivity index (χ2n) is 4.65. The van der Waals surface area contributed by atoms with E-state index in [1.54, 1.807) is 0 Å². The van der Waals surface area contributed by atoms with Crippen LogP contribution in [-0.4, -0.2) is 44.2 Å². The highest BCUT2D eigenvalue weighted by atomic mass is 16.5. The zero-order valence-electron chi connectivity index (χ0n) is 11.8. The topological polar surface area (TPSA) is 132 Å². The van der Waals surface area contributed by atoms with Crippen LogP contribution >= 0.6 is 0 Å². The molecule has 1 saturated heterocycles. The van der Waals surface area contributed by atoms with Crippen LogP contribution < -0.4 is 0 Å². The number of hydroxylamine groups is 2. The molecule has 1 heterocycles. The lowest BCUT2D eigenvalue weighted by molar-refractivity contribution is -0.171. The standard InChI is InChI=1S/C9H16O4.C4H5NO3/c10-8(11)6-4-2-1-3-5-7-9(12)13;6-3-1-2-4(7)5(3)8/h1-7H2,(H,10,11)(H,12,13);8H,1-2H2. The number of unbranched alkanes of at least 4 members (excludes halogenated alkanes) is 4. The molecule has 0 aromatic rings.